The molecule has 0 N–H and O–H groups in total. The maximum atomic E-state index is 13.2. The van der Waals surface area contributed by atoms with Gasteiger partial charge < -0.3 is 18.9 Å². The summed E-state index contributed by atoms with van der Waals surface area (Å²) in [5, 5.41) is 9.78. The number of nitriles is 1. The van der Waals surface area contributed by atoms with Crippen molar-refractivity contribution in [1.82, 2.24) is 14.4 Å². The third-order valence-electron chi connectivity index (χ3n) is 6.97. The van der Waals surface area contributed by atoms with Gasteiger partial charge in [0.25, 0.3) is 5.91 Å². The molecule has 1 amide bonds. The Morgan fingerprint density at radius 2 is 1.94 bits per heavy atom. The van der Waals surface area contributed by atoms with E-state index in [2.05, 4.69) is 40.7 Å². The number of benzene rings is 1. The summed E-state index contributed by atoms with van der Waals surface area (Å²) in [6.45, 7) is 12.0. The van der Waals surface area contributed by atoms with Crippen LogP contribution in [0.15, 0.2) is 35.9 Å². The Labute approximate surface area is 208 Å². The Balaban J connectivity index is 1.36. The van der Waals surface area contributed by atoms with Gasteiger partial charge in [0.1, 0.15) is 17.4 Å². The Morgan fingerprint density at radius 1 is 1.20 bits per heavy atom. The molecule has 1 aromatic carbocycles. The highest BCUT2D eigenvalue weighted by Gasteiger charge is 2.25. The number of aromatic nitrogens is 1. The number of piperazine rings is 1. The first-order valence-electron chi connectivity index (χ1n) is 12.6. The highest BCUT2D eigenvalue weighted by atomic mass is 16.5. The zero-order valence-corrected chi connectivity index (χ0v) is 21.1. The Kier molecular flexibility index (Phi) is 8.27. The molecule has 0 aliphatic carbocycles. The van der Waals surface area contributed by atoms with Gasteiger partial charge in [-0.3, -0.25) is 9.69 Å². The molecule has 4 rings (SSSR count). The lowest BCUT2D eigenvalue weighted by atomic mass is 10.1. The molecule has 1 unspecified atom stereocenters. The van der Waals surface area contributed by atoms with Crippen molar-refractivity contribution < 1.29 is 14.3 Å². The van der Waals surface area contributed by atoms with E-state index < -0.39 is 0 Å². The van der Waals surface area contributed by atoms with Gasteiger partial charge in [0, 0.05) is 57.3 Å². The largest absolute Gasteiger partial charge is 0.494 e. The molecule has 2 aromatic rings. The average Bonchev–Trinajstić information content (AvgIpc) is 3.48. The minimum atomic E-state index is -0.183. The van der Waals surface area contributed by atoms with Crippen molar-refractivity contribution in [3.8, 4) is 11.8 Å². The number of hydrogen-bond donors (Lipinski definition) is 0. The molecular formula is C28H36N4O3. The maximum Gasteiger partial charge on any atom is 0.264 e. The van der Waals surface area contributed by atoms with Crippen molar-refractivity contribution in [2.45, 2.75) is 52.8 Å². The van der Waals surface area contributed by atoms with E-state index in [0.29, 0.717) is 19.7 Å². The van der Waals surface area contributed by atoms with Gasteiger partial charge in [-0.1, -0.05) is 12.1 Å². The Hall–Kier alpha value is -3.08. The quantitative estimate of drug-likeness (QED) is 0.426. The van der Waals surface area contributed by atoms with Gasteiger partial charge in [-0.05, 0) is 69.0 Å². The van der Waals surface area contributed by atoms with Crippen molar-refractivity contribution in [3.63, 3.8) is 0 Å². The van der Waals surface area contributed by atoms with E-state index in [1.807, 2.05) is 26.0 Å². The van der Waals surface area contributed by atoms with E-state index >= 15 is 0 Å². The molecule has 1 aromatic heterocycles. The monoisotopic (exact) mass is 476 g/mol. The second-order valence-corrected chi connectivity index (χ2v) is 9.39. The second-order valence-electron chi connectivity index (χ2n) is 9.39. The molecule has 7 heteroatoms. The summed E-state index contributed by atoms with van der Waals surface area (Å²) in [4.78, 5) is 17.3. The van der Waals surface area contributed by atoms with E-state index in [9.17, 15) is 10.1 Å². The first-order valence-corrected chi connectivity index (χ1v) is 12.6. The van der Waals surface area contributed by atoms with Gasteiger partial charge in [0.2, 0.25) is 0 Å². The van der Waals surface area contributed by atoms with E-state index in [1.54, 1.807) is 11.0 Å². The molecule has 3 heterocycles. The summed E-state index contributed by atoms with van der Waals surface area (Å²) < 4.78 is 13.6. The third kappa shape index (κ3) is 6.14. The van der Waals surface area contributed by atoms with Crippen molar-refractivity contribution in [2.75, 3.05) is 39.4 Å². The van der Waals surface area contributed by atoms with Crippen molar-refractivity contribution in [1.29, 1.82) is 5.26 Å². The molecule has 35 heavy (non-hydrogen) atoms. The van der Waals surface area contributed by atoms with Gasteiger partial charge in [-0.15, -0.1) is 0 Å². The number of ether oxygens (including phenoxy) is 2. The molecule has 2 aliphatic heterocycles. The van der Waals surface area contributed by atoms with Crippen LogP contribution >= 0.6 is 0 Å². The first-order chi connectivity index (χ1) is 17.0. The molecule has 1 atom stereocenters. The lowest BCUT2D eigenvalue weighted by Crippen LogP contribution is -2.48. The van der Waals surface area contributed by atoms with Crippen LogP contribution in [0.3, 0.4) is 0 Å². The predicted octanol–water partition coefficient (Wildman–Crippen LogP) is 3.93. The summed E-state index contributed by atoms with van der Waals surface area (Å²) in [7, 11) is 0. The average molecular weight is 477 g/mol. The van der Waals surface area contributed by atoms with Crippen LogP contribution in [0.1, 0.15) is 42.3 Å². The summed E-state index contributed by atoms with van der Waals surface area (Å²) in [6.07, 6.45) is 4.18. The molecule has 0 saturated carbocycles. The molecule has 7 nitrogen and oxygen atoms in total. The number of amides is 1. The molecule has 2 saturated heterocycles. The summed E-state index contributed by atoms with van der Waals surface area (Å²) in [5.41, 5.74) is 4.54. The fourth-order valence-corrected chi connectivity index (χ4v) is 4.94. The third-order valence-corrected chi connectivity index (χ3v) is 6.97. The fraction of sp³-hybridized carbons (Fsp3) is 0.500. The minimum Gasteiger partial charge on any atom is -0.494 e. The van der Waals surface area contributed by atoms with E-state index in [0.717, 1.165) is 68.3 Å². The van der Waals surface area contributed by atoms with Crippen LogP contribution in [0.2, 0.25) is 0 Å². The van der Waals surface area contributed by atoms with Gasteiger partial charge in [0.15, 0.2) is 0 Å². The molecular weight excluding hydrogens is 440 g/mol. The SMILES string of the molecule is CCOc1ccc(CN2CCN(C(=O)/C(C#N)=C/c3cc(C)n(CC4CCCO4)c3C)CC2)cc1. The molecule has 0 bridgehead atoms. The van der Waals surface area contributed by atoms with Crippen molar-refractivity contribution >= 4 is 12.0 Å². The second kappa shape index (κ2) is 11.6. The zero-order chi connectivity index (χ0) is 24.8. The summed E-state index contributed by atoms with van der Waals surface area (Å²) >= 11 is 0. The topological polar surface area (TPSA) is 70.7 Å². The van der Waals surface area contributed by atoms with Crippen LogP contribution in [-0.2, 0) is 22.6 Å². The van der Waals surface area contributed by atoms with Crippen molar-refractivity contribution in [3.05, 3.63) is 58.4 Å². The Morgan fingerprint density at radius 3 is 2.57 bits per heavy atom. The van der Waals surface area contributed by atoms with Crippen LogP contribution < -0.4 is 4.74 Å². The molecule has 0 radical (unpaired) electrons. The first kappa shape index (κ1) is 25.0. The molecule has 2 aliphatic rings. The van der Waals surface area contributed by atoms with E-state index in [4.69, 9.17) is 9.47 Å². The molecule has 2 fully saturated rings. The van der Waals surface area contributed by atoms with Crippen LogP contribution in [0.25, 0.3) is 6.08 Å². The lowest BCUT2D eigenvalue weighted by molar-refractivity contribution is -0.128. The number of aryl methyl sites for hydroxylation is 1. The zero-order valence-electron chi connectivity index (χ0n) is 21.1. The van der Waals surface area contributed by atoms with Crippen LogP contribution in [0.5, 0.6) is 5.75 Å². The van der Waals surface area contributed by atoms with Gasteiger partial charge in [0.05, 0.1) is 12.7 Å². The van der Waals surface area contributed by atoms with Crippen LogP contribution in [0.4, 0.5) is 0 Å². The standard InChI is InChI=1S/C28H36N4O3/c1-4-34-26-9-7-23(8-10-26)19-30-11-13-31(14-12-30)28(33)25(18-29)17-24-16-21(2)32(22(24)3)20-27-6-5-15-35-27/h7-10,16-17,27H,4-6,11-15,19-20H2,1-3H3/b25-17+. The Bertz CT molecular complexity index is 1080. The number of hydrogen-bond acceptors (Lipinski definition) is 5. The summed E-state index contributed by atoms with van der Waals surface area (Å²) in [6, 6.07) is 12.4. The predicted molar refractivity (Wildman–Crippen MR) is 136 cm³/mol. The molecule has 186 valence electrons. The minimum absolute atomic E-state index is 0.183. The smallest absolute Gasteiger partial charge is 0.264 e. The number of carbonyl (C=O) groups is 1. The lowest BCUT2D eigenvalue weighted by Gasteiger charge is -2.34. The van der Waals surface area contributed by atoms with Gasteiger partial charge in [-0.25, -0.2) is 0 Å². The number of rotatable bonds is 8. The fourth-order valence-electron chi connectivity index (χ4n) is 4.94. The van der Waals surface area contributed by atoms with Crippen LogP contribution in [-0.4, -0.2) is 65.8 Å². The molecule has 0 spiro atoms. The van der Waals surface area contributed by atoms with E-state index in [1.165, 1.54) is 5.56 Å². The highest BCUT2D eigenvalue weighted by Crippen LogP contribution is 2.23. The highest BCUT2D eigenvalue weighted by molar-refractivity contribution is 6.01. The summed E-state index contributed by atoms with van der Waals surface area (Å²) in [5.74, 6) is 0.701. The van der Waals surface area contributed by atoms with Crippen LogP contribution in [0, 0.1) is 25.2 Å². The number of carbonyl (C=O) groups excluding carboxylic acids is 1. The van der Waals surface area contributed by atoms with Gasteiger partial charge in [-0.2, -0.15) is 5.26 Å². The maximum absolute atomic E-state index is 13.2. The van der Waals surface area contributed by atoms with Crippen molar-refractivity contribution in [2.24, 2.45) is 0 Å². The van der Waals surface area contributed by atoms with E-state index in [-0.39, 0.29) is 17.6 Å². The van der Waals surface area contributed by atoms with Gasteiger partial charge >= 0.3 is 0 Å². The normalized spacial score (nSPS) is 19.1. The number of nitrogens with zero attached hydrogens (tertiary/aromatic N) is 4.